The Hall–Kier alpha value is -6.92. The molecule has 0 atom stereocenters. The molecule has 0 saturated heterocycles. The van der Waals surface area contributed by atoms with Crippen LogP contribution in [0.3, 0.4) is 0 Å². The predicted molar refractivity (Wildman–Crippen MR) is 303 cm³/mol. The first-order chi connectivity index (χ1) is 35.3. The number of hydrogen-bond acceptors (Lipinski definition) is 6. The van der Waals surface area contributed by atoms with Gasteiger partial charge in [-0.3, -0.25) is 9.97 Å². The highest BCUT2D eigenvalue weighted by atomic mass is 16.3. The molecule has 8 aromatic rings. The average molecular weight is 967 g/mol. The molecule has 374 valence electrons. The molecule has 73 heavy (non-hydrogen) atoms. The summed E-state index contributed by atoms with van der Waals surface area (Å²) in [7, 11) is 0. The molecule has 10 rings (SSSR count). The van der Waals surface area contributed by atoms with E-state index in [0.717, 1.165) is 145 Å². The van der Waals surface area contributed by atoms with E-state index in [-0.39, 0.29) is 16.2 Å². The average Bonchev–Trinajstić information content (AvgIpc) is 3.86. The maximum Gasteiger partial charge on any atom is 0.125 e. The predicted octanol–water partition coefficient (Wildman–Crippen LogP) is 17.9. The minimum absolute atomic E-state index is 0.0173. The molecule has 2 N–H and O–H groups in total. The first-order valence-electron chi connectivity index (χ1n) is 27.1. The number of unbranched alkanes of at least 4 members (excludes halogenated alkanes) is 4. The molecule has 0 unspecified atom stereocenters. The second-order valence-electron chi connectivity index (χ2n) is 21.7. The van der Waals surface area contributed by atoms with Crippen molar-refractivity contribution in [1.29, 1.82) is 0 Å². The third kappa shape index (κ3) is 9.98. The van der Waals surface area contributed by atoms with Gasteiger partial charge in [-0.1, -0.05) is 160 Å². The number of phenolic OH excluding ortho intramolecular Hbond substituents is 2. The lowest BCUT2D eigenvalue weighted by atomic mass is 9.71. The van der Waals surface area contributed by atoms with Gasteiger partial charge in [0.25, 0.3) is 0 Å². The molecule has 6 heteroatoms. The maximum atomic E-state index is 11.1. The van der Waals surface area contributed by atoms with E-state index in [9.17, 15) is 10.2 Å². The number of fused-ring (bicyclic) bond motifs is 6. The molecule has 4 aromatic carbocycles. The van der Waals surface area contributed by atoms with Crippen LogP contribution < -0.4 is 0 Å². The smallest absolute Gasteiger partial charge is 0.125 e. The summed E-state index contributed by atoms with van der Waals surface area (Å²) in [6.07, 6.45) is 17.3. The monoisotopic (exact) mass is 967 g/mol. The third-order valence-electron chi connectivity index (χ3n) is 15.7. The highest BCUT2D eigenvalue weighted by molar-refractivity contribution is 5.86. The second-order valence-corrected chi connectivity index (χ2v) is 21.7. The summed E-state index contributed by atoms with van der Waals surface area (Å²) in [5, 5.41) is 22.1. The number of benzene rings is 4. The van der Waals surface area contributed by atoms with E-state index in [2.05, 4.69) is 156 Å². The molecule has 2 aliphatic rings. The zero-order valence-corrected chi connectivity index (χ0v) is 44.5. The molecule has 0 saturated carbocycles. The fourth-order valence-electron chi connectivity index (χ4n) is 11.7. The van der Waals surface area contributed by atoms with E-state index in [0.29, 0.717) is 11.5 Å². The summed E-state index contributed by atoms with van der Waals surface area (Å²) in [6, 6.07) is 46.3. The van der Waals surface area contributed by atoms with Crippen molar-refractivity contribution in [3.8, 4) is 79.0 Å². The van der Waals surface area contributed by atoms with Crippen molar-refractivity contribution in [2.24, 2.45) is 0 Å². The van der Waals surface area contributed by atoms with Crippen LogP contribution >= 0.6 is 0 Å². The largest absolute Gasteiger partial charge is 0.507 e. The molecular weight excluding hydrogens is 893 g/mol. The molecular formula is C67H74N4O2. The van der Waals surface area contributed by atoms with E-state index >= 15 is 0 Å². The highest BCUT2D eigenvalue weighted by Crippen LogP contribution is 2.58. The second kappa shape index (κ2) is 21.7. The Labute approximate surface area is 435 Å². The molecule has 2 aliphatic carbocycles. The number of aryl methyl sites for hydroxylation is 1. The summed E-state index contributed by atoms with van der Waals surface area (Å²) < 4.78 is 0. The summed E-state index contributed by atoms with van der Waals surface area (Å²) >= 11 is 0. The number of aromatic hydroxyl groups is 2. The van der Waals surface area contributed by atoms with Crippen molar-refractivity contribution in [1.82, 2.24) is 19.9 Å². The van der Waals surface area contributed by atoms with E-state index < -0.39 is 0 Å². The van der Waals surface area contributed by atoms with Crippen LogP contribution in [0.1, 0.15) is 159 Å². The van der Waals surface area contributed by atoms with Gasteiger partial charge >= 0.3 is 0 Å². The molecule has 0 fully saturated rings. The van der Waals surface area contributed by atoms with E-state index in [1.165, 1.54) is 33.4 Å². The fourth-order valence-corrected chi connectivity index (χ4v) is 11.7. The van der Waals surface area contributed by atoms with Crippen LogP contribution in [0.2, 0.25) is 0 Å². The standard InChI is InChI=1S/C35H40N2O.C32H34N2O/c1-6-8-18-35(19-9-7-2)27-13-12-15-31(38)32(27)33-28(35)16-17-30(37-33)25-21-24(29-14-10-11-20-36-29)22-26(23-25)34(3,4)5;1-4-6-17-32(18-7-5-2)25-12-9-13-29(35)30(25)31-26(32)14-15-27(34-31)23-10-8-11-24(21-23)28-20-22(3)16-19-33-28/h10-17,20-23,38H,6-9,18-19H2,1-5H3;8-16,19-21,35H,4-7,17-18H2,1-3H3. The van der Waals surface area contributed by atoms with E-state index in [4.69, 9.17) is 9.97 Å². The van der Waals surface area contributed by atoms with Crippen LogP contribution in [0.5, 0.6) is 11.5 Å². The quantitative estimate of drug-likeness (QED) is 0.100. The Bertz CT molecular complexity index is 3210. The Morgan fingerprint density at radius 3 is 1.37 bits per heavy atom. The Morgan fingerprint density at radius 1 is 0.425 bits per heavy atom. The lowest BCUT2D eigenvalue weighted by Crippen LogP contribution is -2.25. The molecule has 4 aromatic heterocycles. The van der Waals surface area contributed by atoms with Gasteiger partial charge in [0, 0.05) is 56.6 Å². The van der Waals surface area contributed by atoms with Gasteiger partial charge in [-0.2, -0.15) is 0 Å². The van der Waals surface area contributed by atoms with Crippen molar-refractivity contribution in [2.45, 2.75) is 149 Å². The van der Waals surface area contributed by atoms with E-state index in [1.54, 1.807) is 6.07 Å². The SMILES string of the molecule is CCCCC1(CCCC)c2ccc(-c3cc(-c4ccccn4)cc(C(C)(C)C)c3)nc2-c2c(O)cccc21.CCCCC1(CCCC)c2ccc(-c3cccc(-c4cc(C)ccn4)c3)nc2-c2c(O)cccc21. The van der Waals surface area contributed by atoms with Crippen LogP contribution in [0.25, 0.3) is 67.5 Å². The van der Waals surface area contributed by atoms with Gasteiger partial charge < -0.3 is 10.2 Å². The van der Waals surface area contributed by atoms with Gasteiger partial charge in [0.2, 0.25) is 0 Å². The summed E-state index contributed by atoms with van der Waals surface area (Å²) in [5.41, 5.74) is 19.2. The first kappa shape index (κ1) is 51.0. The van der Waals surface area contributed by atoms with Gasteiger partial charge in [0.15, 0.2) is 0 Å². The Balaban J connectivity index is 0.000000180. The molecule has 0 aliphatic heterocycles. The number of phenols is 2. The zero-order chi connectivity index (χ0) is 51.3. The van der Waals surface area contributed by atoms with Gasteiger partial charge in [0.05, 0.1) is 34.2 Å². The maximum absolute atomic E-state index is 11.1. The van der Waals surface area contributed by atoms with Crippen molar-refractivity contribution in [2.75, 3.05) is 0 Å². The number of aromatic nitrogens is 4. The zero-order valence-electron chi connectivity index (χ0n) is 44.5. The third-order valence-corrected chi connectivity index (χ3v) is 15.7. The molecule has 4 heterocycles. The Morgan fingerprint density at radius 2 is 0.890 bits per heavy atom. The Kier molecular flexibility index (Phi) is 15.1. The highest BCUT2D eigenvalue weighted by Gasteiger charge is 2.46. The lowest BCUT2D eigenvalue weighted by molar-refractivity contribution is 0.412. The number of hydrogen-bond donors (Lipinski definition) is 2. The van der Waals surface area contributed by atoms with Crippen LogP contribution in [-0.4, -0.2) is 30.1 Å². The van der Waals surface area contributed by atoms with Gasteiger partial charge in [-0.05, 0) is 144 Å². The summed E-state index contributed by atoms with van der Waals surface area (Å²) in [4.78, 5) is 19.7. The van der Waals surface area contributed by atoms with Crippen LogP contribution in [0.4, 0.5) is 0 Å². The van der Waals surface area contributed by atoms with Gasteiger partial charge in [-0.25, -0.2) is 9.97 Å². The van der Waals surface area contributed by atoms with Crippen LogP contribution in [-0.2, 0) is 16.2 Å². The molecule has 0 spiro atoms. The summed E-state index contributed by atoms with van der Waals surface area (Å²) in [6.45, 7) is 17.8. The molecule has 6 nitrogen and oxygen atoms in total. The van der Waals surface area contributed by atoms with E-state index in [1.807, 2.05) is 48.8 Å². The topological polar surface area (TPSA) is 92.0 Å². The molecule has 0 amide bonds. The van der Waals surface area contributed by atoms with Crippen molar-refractivity contribution in [3.63, 3.8) is 0 Å². The minimum Gasteiger partial charge on any atom is -0.507 e. The number of nitrogens with zero attached hydrogens (tertiary/aromatic N) is 4. The lowest BCUT2D eigenvalue weighted by Gasteiger charge is -2.32. The first-order valence-corrected chi connectivity index (χ1v) is 27.1. The van der Waals surface area contributed by atoms with Crippen molar-refractivity contribution < 1.29 is 10.2 Å². The van der Waals surface area contributed by atoms with Crippen molar-refractivity contribution >= 4 is 0 Å². The number of rotatable bonds is 16. The van der Waals surface area contributed by atoms with Gasteiger partial charge in [0.1, 0.15) is 11.5 Å². The molecule has 0 bridgehead atoms. The minimum atomic E-state index is -0.0899. The van der Waals surface area contributed by atoms with Crippen LogP contribution in [0, 0.1) is 6.92 Å². The number of pyridine rings is 4. The molecule has 0 radical (unpaired) electrons. The normalized spacial score (nSPS) is 13.6. The summed E-state index contributed by atoms with van der Waals surface area (Å²) in [5.74, 6) is 0.668. The van der Waals surface area contributed by atoms with Crippen molar-refractivity contribution in [3.05, 3.63) is 179 Å². The van der Waals surface area contributed by atoms with Gasteiger partial charge in [-0.15, -0.1) is 0 Å². The van der Waals surface area contributed by atoms with Crippen LogP contribution in [0.15, 0.2) is 146 Å². The fraction of sp³-hybridized carbons (Fsp3) is 0.343.